The van der Waals surface area contributed by atoms with Crippen LogP contribution < -0.4 is 0 Å². The van der Waals surface area contributed by atoms with Gasteiger partial charge in [0.2, 0.25) is 0 Å². The molecule has 0 bridgehead atoms. The number of rotatable bonds is 6. The number of hydrogen-bond acceptors (Lipinski definition) is 4. The second kappa shape index (κ2) is 8.22. The average Bonchev–Trinajstić information content (AvgIpc) is 2.73. The molecule has 1 aliphatic heterocycles. The summed E-state index contributed by atoms with van der Waals surface area (Å²) in [4.78, 5) is 14.2. The SMILES string of the molecule is O=C(CCCN1CCOC[C@@H](CO)C1)c1ccc(F)cc1. The summed E-state index contributed by atoms with van der Waals surface area (Å²) in [6, 6.07) is 5.68. The topological polar surface area (TPSA) is 49.8 Å². The van der Waals surface area contributed by atoms with Gasteiger partial charge in [0.1, 0.15) is 5.82 Å². The number of aliphatic hydroxyl groups excluding tert-OH is 1. The van der Waals surface area contributed by atoms with Crippen molar-refractivity contribution in [2.45, 2.75) is 12.8 Å². The van der Waals surface area contributed by atoms with E-state index in [2.05, 4.69) is 4.90 Å². The van der Waals surface area contributed by atoms with E-state index >= 15 is 0 Å². The molecule has 116 valence electrons. The first-order valence-electron chi connectivity index (χ1n) is 7.39. The van der Waals surface area contributed by atoms with Crippen molar-refractivity contribution in [3.05, 3.63) is 35.6 Å². The molecule has 0 aromatic heterocycles. The molecule has 4 nitrogen and oxygen atoms in total. The van der Waals surface area contributed by atoms with Gasteiger partial charge in [-0.25, -0.2) is 4.39 Å². The van der Waals surface area contributed by atoms with Crippen molar-refractivity contribution in [3.8, 4) is 0 Å². The van der Waals surface area contributed by atoms with Crippen molar-refractivity contribution < 1.29 is 19.0 Å². The number of ether oxygens (including phenoxy) is 1. The van der Waals surface area contributed by atoms with Crippen LogP contribution in [0, 0.1) is 11.7 Å². The first-order chi connectivity index (χ1) is 10.2. The monoisotopic (exact) mass is 295 g/mol. The van der Waals surface area contributed by atoms with E-state index in [4.69, 9.17) is 4.74 Å². The molecule has 21 heavy (non-hydrogen) atoms. The fraction of sp³-hybridized carbons (Fsp3) is 0.562. The second-order valence-electron chi connectivity index (χ2n) is 5.46. The third-order valence-corrected chi connectivity index (χ3v) is 3.72. The first-order valence-corrected chi connectivity index (χ1v) is 7.39. The molecule has 0 saturated carbocycles. The Kier molecular flexibility index (Phi) is 6.29. The molecule has 0 spiro atoms. The Balaban J connectivity index is 1.75. The fourth-order valence-electron chi connectivity index (χ4n) is 2.51. The van der Waals surface area contributed by atoms with E-state index in [1.807, 2.05) is 0 Å². The van der Waals surface area contributed by atoms with Crippen LogP contribution in [0.4, 0.5) is 4.39 Å². The Morgan fingerprint density at radius 1 is 1.38 bits per heavy atom. The third-order valence-electron chi connectivity index (χ3n) is 3.72. The number of carbonyl (C=O) groups is 1. The van der Waals surface area contributed by atoms with Crippen molar-refractivity contribution >= 4 is 5.78 Å². The number of benzene rings is 1. The standard InChI is InChI=1S/C16H22FNO3/c17-15-5-3-14(4-6-15)16(20)2-1-7-18-8-9-21-12-13(10-18)11-19/h3-6,13,19H,1-2,7-12H2/t13-/m1/s1. The van der Waals surface area contributed by atoms with Crippen LogP contribution in [0.1, 0.15) is 23.2 Å². The predicted octanol–water partition coefficient (Wildman–Crippen LogP) is 1.73. The summed E-state index contributed by atoms with van der Waals surface area (Å²) in [6.07, 6.45) is 1.21. The minimum Gasteiger partial charge on any atom is -0.396 e. The summed E-state index contributed by atoms with van der Waals surface area (Å²) < 4.78 is 18.2. The van der Waals surface area contributed by atoms with Crippen LogP contribution in [0.15, 0.2) is 24.3 Å². The number of ketones is 1. The van der Waals surface area contributed by atoms with E-state index in [1.54, 1.807) is 0 Å². The maximum atomic E-state index is 12.8. The molecular formula is C16H22FNO3. The van der Waals surface area contributed by atoms with Gasteiger partial charge in [-0.05, 0) is 37.2 Å². The number of hydrogen-bond donors (Lipinski definition) is 1. The van der Waals surface area contributed by atoms with Crippen molar-refractivity contribution in [1.29, 1.82) is 0 Å². The smallest absolute Gasteiger partial charge is 0.162 e. The van der Waals surface area contributed by atoms with Crippen LogP contribution in [-0.4, -0.2) is 55.2 Å². The Labute approximate surface area is 124 Å². The highest BCUT2D eigenvalue weighted by Crippen LogP contribution is 2.10. The highest BCUT2D eigenvalue weighted by Gasteiger charge is 2.17. The van der Waals surface area contributed by atoms with Gasteiger partial charge in [-0.15, -0.1) is 0 Å². The molecule has 2 rings (SSSR count). The number of aliphatic hydroxyl groups is 1. The third kappa shape index (κ3) is 5.19. The minimum atomic E-state index is -0.328. The van der Waals surface area contributed by atoms with Gasteiger partial charge in [0.15, 0.2) is 5.78 Å². The van der Waals surface area contributed by atoms with Gasteiger partial charge in [-0.2, -0.15) is 0 Å². The van der Waals surface area contributed by atoms with Crippen molar-refractivity contribution in [3.63, 3.8) is 0 Å². The van der Waals surface area contributed by atoms with Gasteiger partial charge >= 0.3 is 0 Å². The number of carbonyl (C=O) groups excluding carboxylic acids is 1. The molecule has 0 aliphatic carbocycles. The maximum absolute atomic E-state index is 12.8. The highest BCUT2D eigenvalue weighted by atomic mass is 19.1. The summed E-state index contributed by atoms with van der Waals surface area (Å²) in [5, 5.41) is 9.23. The largest absolute Gasteiger partial charge is 0.396 e. The molecule has 1 saturated heterocycles. The van der Waals surface area contributed by atoms with Crippen LogP contribution in [0.5, 0.6) is 0 Å². The number of nitrogens with zero attached hydrogens (tertiary/aromatic N) is 1. The van der Waals surface area contributed by atoms with Crippen LogP contribution >= 0.6 is 0 Å². The van der Waals surface area contributed by atoms with E-state index < -0.39 is 0 Å². The summed E-state index contributed by atoms with van der Waals surface area (Å²) in [5.41, 5.74) is 0.559. The molecule has 1 atom stereocenters. The average molecular weight is 295 g/mol. The summed E-state index contributed by atoms with van der Waals surface area (Å²) in [6.45, 7) is 3.85. The normalized spacial score (nSPS) is 20.2. The zero-order chi connectivity index (χ0) is 15.1. The molecule has 1 fully saturated rings. The van der Waals surface area contributed by atoms with Crippen LogP contribution in [0.3, 0.4) is 0 Å². The zero-order valence-electron chi connectivity index (χ0n) is 12.1. The van der Waals surface area contributed by atoms with E-state index in [9.17, 15) is 14.3 Å². The Morgan fingerprint density at radius 3 is 2.86 bits per heavy atom. The van der Waals surface area contributed by atoms with E-state index in [0.29, 0.717) is 25.2 Å². The minimum absolute atomic E-state index is 0.0415. The van der Waals surface area contributed by atoms with Crippen LogP contribution in [0.2, 0.25) is 0 Å². The van der Waals surface area contributed by atoms with E-state index in [0.717, 1.165) is 26.1 Å². The summed E-state index contributed by atoms with van der Waals surface area (Å²) in [7, 11) is 0. The molecular weight excluding hydrogens is 273 g/mol. The maximum Gasteiger partial charge on any atom is 0.162 e. The second-order valence-corrected chi connectivity index (χ2v) is 5.46. The van der Waals surface area contributed by atoms with Gasteiger partial charge in [-0.1, -0.05) is 0 Å². The lowest BCUT2D eigenvalue weighted by atomic mass is 10.1. The molecule has 0 amide bonds. The summed E-state index contributed by atoms with van der Waals surface area (Å²) in [5.74, 6) is -0.133. The van der Waals surface area contributed by atoms with Crippen molar-refractivity contribution in [2.75, 3.05) is 39.5 Å². The molecule has 5 heteroatoms. The van der Waals surface area contributed by atoms with Crippen LogP contribution in [0.25, 0.3) is 0 Å². The molecule has 1 heterocycles. The van der Waals surface area contributed by atoms with Crippen molar-refractivity contribution in [1.82, 2.24) is 4.90 Å². The van der Waals surface area contributed by atoms with Crippen molar-refractivity contribution in [2.24, 2.45) is 5.92 Å². The molecule has 0 unspecified atom stereocenters. The Hall–Kier alpha value is -1.30. The molecule has 1 aliphatic rings. The van der Waals surface area contributed by atoms with Gasteiger partial charge in [0.25, 0.3) is 0 Å². The van der Waals surface area contributed by atoms with E-state index in [1.165, 1.54) is 24.3 Å². The Bertz CT molecular complexity index is 449. The predicted molar refractivity (Wildman–Crippen MR) is 77.8 cm³/mol. The lowest BCUT2D eigenvalue weighted by molar-refractivity contribution is 0.0955. The quantitative estimate of drug-likeness (QED) is 0.812. The fourth-order valence-corrected chi connectivity index (χ4v) is 2.51. The lowest BCUT2D eigenvalue weighted by Gasteiger charge is -2.21. The highest BCUT2D eigenvalue weighted by molar-refractivity contribution is 5.95. The van der Waals surface area contributed by atoms with E-state index in [-0.39, 0.29) is 24.1 Å². The Morgan fingerprint density at radius 2 is 2.14 bits per heavy atom. The van der Waals surface area contributed by atoms with Crippen LogP contribution in [-0.2, 0) is 4.74 Å². The van der Waals surface area contributed by atoms with Gasteiger partial charge in [-0.3, -0.25) is 4.79 Å². The molecule has 0 radical (unpaired) electrons. The van der Waals surface area contributed by atoms with Gasteiger partial charge in [0, 0.05) is 37.6 Å². The summed E-state index contributed by atoms with van der Waals surface area (Å²) >= 11 is 0. The first kappa shape index (κ1) is 16.1. The van der Waals surface area contributed by atoms with Gasteiger partial charge in [0.05, 0.1) is 13.2 Å². The molecule has 1 N–H and O–H groups in total. The number of Topliss-reactive ketones (excluding diaryl/α,β-unsaturated/α-hetero) is 1. The lowest BCUT2D eigenvalue weighted by Crippen LogP contribution is -2.32. The molecule has 1 aromatic carbocycles. The number of halogens is 1. The zero-order valence-corrected chi connectivity index (χ0v) is 12.1. The molecule has 1 aromatic rings. The van der Waals surface area contributed by atoms with Gasteiger partial charge < -0.3 is 14.7 Å².